The number of aromatic amines is 1. The number of H-pyrrole nitrogens is 1. The zero-order valence-corrected chi connectivity index (χ0v) is 6.99. The largest absolute Gasteiger partial charge is 0.324 e. The molecule has 0 unspecified atom stereocenters. The van der Waals surface area contributed by atoms with Crippen LogP contribution in [0.3, 0.4) is 0 Å². The van der Waals surface area contributed by atoms with Crippen molar-refractivity contribution in [1.29, 1.82) is 0 Å². The van der Waals surface area contributed by atoms with Gasteiger partial charge in [0.25, 0.3) is 0 Å². The van der Waals surface area contributed by atoms with Crippen molar-refractivity contribution in [2.75, 3.05) is 5.43 Å². The molecule has 0 amide bonds. The van der Waals surface area contributed by atoms with Crippen LogP contribution in [0.1, 0.15) is 0 Å². The Balaban J connectivity index is 2.36. The van der Waals surface area contributed by atoms with E-state index < -0.39 is 0 Å². The minimum atomic E-state index is 0.707. The third-order valence-electron chi connectivity index (χ3n) is 1.78. The first-order valence-electron chi connectivity index (χ1n) is 3.97. The molecule has 0 atom stereocenters. The number of nitrogens with two attached hydrogens (primary N) is 1. The van der Waals surface area contributed by atoms with Crippen LogP contribution in [0.2, 0.25) is 0 Å². The first-order chi connectivity index (χ1) is 6.40. The molecule has 0 radical (unpaired) electrons. The number of nitrogen functional groups attached to an aromatic ring is 1. The van der Waals surface area contributed by atoms with E-state index in [1.807, 2.05) is 30.3 Å². The van der Waals surface area contributed by atoms with Crippen LogP contribution < -0.4 is 11.3 Å². The highest BCUT2D eigenvalue weighted by Crippen LogP contribution is 2.15. The number of nitrogens with one attached hydrogen (secondary N) is 2. The van der Waals surface area contributed by atoms with Crippen molar-refractivity contribution in [2.24, 2.45) is 5.84 Å². The van der Waals surface area contributed by atoms with E-state index in [1.165, 1.54) is 0 Å². The topological polar surface area (TPSA) is 66.7 Å². The predicted molar refractivity (Wildman–Crippen MR) is 51.8 cm³/mol. The number of hydrogen-bond donors (Lipinski definition) is 3. The first-order valence-corrected chi connectivity index (χ1v) is 3.97. The van der Waals surface area contributed by atoms with Crippen molar-refractivity contribution in [2.45, 2.75) is 0 Å². The van der Waals surface area contributed by atoms with Gasteiger partial charge < -0.3 is 10.4 Å². The Bertz CT molecular complexity index is 380. The van der Waals surface area contributed by atoms with Crippen molar-refractivity contribution >= 4 is 5.82 Å². The van der Waals surface area contributed by atoms with Gasteiger partial charge in [0.15, 0.2) is 0 Å². The average molecular weight is 174 g/mol. The highest BCUT2D eigenvalue weighted by molar-refractivity contribution is 5.57. The van der Waals surface area contributed by atoms with Gasteiger partial charge in [-0.25, -0.2) is 10.8 Å². The van der Waals surface area contributed by atoms with Gasteiger partial charge in [-0.05, 0) is 0 Å². The van der Waals surface area contributed by atoms with E-state index in [0.29, 0.717) is 5.82 Å². The summed E-state index contributed by atoms with van der Waals surface area (Å²) in [6.45, 7) is 0. The Kier molecular flexibility index (Phi) is 1.97. The minimum absolute atomic E-state index is 0.707. The van der Waals surface area contributed by atoms with Gasteiger partial charge >= 0.3 is 0 Å². The fourth-order valence-corrected chi connectivity index (χ4v) is 1.14. The molecule has 0 saturated heterocycles. The summed E-state index contributed by atoms with van der Waals surface area (Å²) in [5.41, 5.74) is 3.54. The van der Waals surface area contributed by atoms with E-state index in [2.05, 4.69) is 15.4 Å². The first kappa shape index (κ1) is 7.82. The Morgan fingerprint density at radius 3 is 2.62 bits per heavy atom. The normalized spacial score (nSPS) is 9.92. The molecule has 66 valence electrons. The summed E-state index contributed by atoms with van der Waals surface area (Å²) in [5, 5.41) is 0. The second-order valence-electron chi connectivity index (χ2n) is 2.66. The minimum Gasteiger partial charge on any atom is -0.324 e. The van der Waals surface area contributed by atoms with Crippen molar-refractivity contribution < 1.29 is 0 Å². The van der Waals surface area contributed by atoms with Crippen LogP contribution in [0.5, 0.6) is 0 Å². The molecule has 1 aromatic heterocycles. The van der Waals surface area contributed by atoms with Crippen LogP contribution in [-0.4, -0.2) is 9.97 Å². The molecule has 0 aliphatic carbocycles. The summed E-state index contributed by atoms with van der Waals surface area (Å²) < 4.78 is 0. The molecule has 0 saturated carbocycles. The van der Waals surface area contributed by atoms with Gasteiger partial charge in [-0.3, -0.25) is 0 Å². The number of imidazole rings is 1. The lowest BCUT2D eigenvalue weighted by atomic mass is 10.2. The van der Waals surface area contributed by atoms with Gasteiger partial charge in [-0.2, -0.15) is 0 Å². The summed E-state index contributed by atoms with van der Waals surface area (Å²) in [5.74, 6) is 6.74. The van der Waals surface area contributed by atoms with Crippen LogP contribution in [-0.2, 0) is 0 Å². The van der Waals surface area contributed by atoms with Crippen molar-refractivity contribution in [3.05, 3.63) is 36.5 Å². The predicted octanol–water partition coefficient (Wildman–Crippen LogP) is 1.36. The molecule has 1 heterocycles. The number of aromatic nitrogens is 2. The number of hydrogen-bond acceptors (Lipinski definition) is 3. The third kappa shape index (κ3) is 1.52. The zero-order valence-electron chi connectivity index (χ0n) is 6.99. The van der Waals surface area contributed by atoms with Gasteiger partial charge in [-0.1, -0.05) is 30.3 Å². The highest BCUT2D eigenvalue weighted by Gasteiger charge is 2.00. The van der Waals surface area contributed by atoms with E-state index in [9.17, 15) is 0 Å². The lowest BCUT2D eigenvalue weighted by Gasteiger charge is -1.95. The van der Waals surface area contributed by atoms with Crippen molar-refractivity contribution in [1.82, 2.24) is 9.97 Å². The molecule has 2 aromatic rings. The van der Waals surface area contributed by atoms with Crippen LogP contribution >= 0.6 is 0 Å². The summed E-state index contributed by atoms with van der Waals surface area (Å²) in [7, 11) is 0. The van der Waals surface area contributed by atoms with Gasteiger partial charge in [0.1, 0.15) is 11.6 Å². The highest BCUT2D eigenvalue weighted by atomic mass is 15.3. The summed E-state index contributed by atoms with van der Waals surface area (Å²) in [4.78, 5) is 7.19. The molecule has 0 fully saturated rings. The summed E-state index contributed by atoms with van der Waals surface area (Å²) in [6, 6.07) is 9.87. The molecule has 2 rings (SSSR count). The fourth-order valence-electron chi connectivity index (χ4n) is 1.14. The quantitative estimate of drug-likeness (QED) is 0.475. The van der Waals surface area contributed by atoms with E-state index in [0.717, 1.165) is 11.4 Å². The summed E-state index contributed by atoms with van der Waals surface area (Å²) in [6.07, 6.45) is 1.66. The molecular formula is C9H10N4. The number of hydrazine groups is 1. The number of benzene rings is 1. The molecular weight excluding hydrogens is 164 g/mol. The van der Waals surface area contributed by atoms with Gasteiger partial charge in [-0.15, -0.1) is 0 Å². The maximum absolute atomic E-state index is 5.22. The van der Waals surface area contributed by atoms with E-state index in [1.54, 1.807) is 6.20 Å². The second-order valence-corrected chi connectivity index (χ2v) is 2.66. The molecule has 1 aromatic carbocycles. The Labute approximate surface area is 75.8 Å². The lowest BCUT2D eigenvalue weighted by Crippen LogP contribution is -2.06. The van der Waals surface area contributed by atoms with Gasteiger partial charge in [0.2, 0.25) is 0 Å². The number of nitrogens with zero attached hydrogens (tertiary/aromatic N) is 1. The van der Waals surface area contributed by atoms with Gasteiger partial charge in [0.05, 0.1) is 6.20 Å². The molecule has 4 nitrogen and oxygen atoms in total. The monoisotopic (exact) mass is 174 g/mol. The van der Waals surface area contributed by atoms with Crippen LogP contribution in [0.4, 0.5) is 5.82 Å². The summed E-state index contributed by atoms with van der Waals surface area (Å²) >= 11 is 0. The van der Waals surface area contributed by atoms with Crippen molar-refractivity contribution in [3.8, 4) is 11.4 Å². The fraction of sp³-hybridized carbons (Fsp3) is 0. The molecule has 4 N–H and O–H groups in total. The number of rotatable bonds is 2. The Hall–Kier alpha value is -1.81. The van der Waals surface area contributed by atoms with Crippen LogP contribution in [0, 0.1) is 0 Å². The molecule has 0 aliphatic rings. The molecule has 4 heteroatoms. The zero-order chi connectivity index (χ0) is 9.10. The molecule has 0 bridgehead atoms. The van der Waals surface area contributed by atoms with E-state index >= 15 is 0 Å². The smallest absolute Gasteiger partial charge is 0.138 e. The molecule has 13 heavy (non-hydrogen) atoms. The second kappa shape index (κ2) is 3.28. The van der Waals surface area contributed by atoms with Gasteiger partial charge in [0, 0.05) is 5.56 Å². The standard InChI is InChI=1S/C9H10N4/c10-13-8-6-11-9(12-8)7-4-2-1-3-5-7/h1-6,13H,10H2,(H,11,12). The van der Waals surface area contributed by atoms with Crippen LogP contribution in [0.25, 0.3) is 11.4 Å². The maximum atomic E-state index is 5.22. The average Bonchev–Trinajstić information content (AvgIpc) is 2.67. The SMILES string of the molecule is NNc1cnc(-c2ccccc2)[nH]1. The Morgan fingerprint density at radius 1 is 1.23 bits per heavy atom. The maximum Gasteiger partial charge on any atom is 0.138 e. The molecule has 0 spiro atoms. The Morgan fingerprint density at radius 2 is 2.00 bits per heavy atom. The third-order valence-corrected chi connectivity index (χ3v) is 1.78. The van der Waals surface area contributed by atoms with Crippen molar-refractivity contribution in [3.63, 3.8) is 0 Å². The number of anilines is 1. The lowest BCUT2D eigenvalue weighted by molar-refractivity contribution is 1.26. The van der Waals surface area contributed by atoms with E-state index in [-0.39, 0.29) is 0 Å². The molecule has 0 aliphatic heterocycles. The van der Waals surface area contributed by atoms with Crippen LogP contribution in [0.15, 0.2) is 36.5 Å². The van der Waals surface area contributed by atoms with E-state index in [4.69, 9.17) is 5.84 Å².